The van der Waals surface area contributed by atoms with Crippen molar-refractivity contribution in [3.8, 4) is 0 Å². The molecule has 124 valence electrons. The van der Waals surface area contributed by atoms with E-state index in [0.29, 0.717) is 19.0 Å². The Hall–Kier alpha value is -1.02. The fourth-order valence-electron chi connectivity index (χ4n) is 1.81. The molecule has 0 radical (unpaired) electrons. The molecule has 0 atom stereocenters. The summed E-state index contributed by atoms with van der Waals surface area (Å²) in [5, 5.41) is 6.63. The van der Waals surface area contributed by atoms with Crippen LogP contribution in [0.3, 0.4) is 0 Å². The van der Waals surface area contributed by atoms with Crippen molar-refractivity contribution in [1.29, 1.82) is 0 Å². The molecule has 0 saturated heterocycles. The SMILES string of the molecule is CCNC(=O)CN=C(NCC)N(C)Cc1ccc(Cl)cc1.I. The van der Waals surface area contributed by atoms with Gasteiger partial charge in [-0.1, -0.05) is 23.7 Å². The van der Waals surface area contributed by atoms with Gasteiger partial charge in [-0.05, 0) is 31.5 Å². The average molecular weight is 439 g/mol. The van der Waals surface area contributed by atoms with E-state index >= 15 is 0 Å². The first-order valence-corrected chi connectivity index (χ1v) is 7.45. The number of carbonyl (C=O) groups excluding carboxylic acids is 1. The first kappa shape index (κ1) is 21.0. The molecule has 0 aliphatic carbocycles. The molecule has 1 rings (SSSR count). The third-order valence-electron chi connectivity index (χ3n) is 2.78. The lowest BCUT2D eigenvalue weighted by molar-refractivity contribution is -0.119. The van der Waals surface area contributed by atoms with Gasteiger partial charge < -0.3 is 15.5 Å². The minimum Gasteiger partial charge on any atom is -0.357 e. The largest absolute Gasteiger partial charge is 0.357 e. The van der Waals surface area contributed by atoms with Gasteiger partial charge in [0.2, 0.25) is 5.91 Å². The highest BCUT2D eigenvalue weighted by Gasteiger charge is 2.07. The summed E-state index contributed by atoms with van der Waals surface area (Å²) in [5.74, 6) is 0.631. The topological polar surface area (TPSA) is 56.7 Å². The van der Waals surface area contributed by atoms with Crippen LogP contribution in [0.5, 0.6) is 0 Å². The third kappa shape index (κ3) is 7.84. The summed E-state index contributed by atoms with van der Waals surface area (Å²) in [7, 11) is 1.94. The third-order valence-corrected chi connectivity index (χ3v) is 3.03. The number of likely N-dealkylation sites (N-methyl/N-ethyl adjacent to an activating group) is 1. The Morgan fingerprint density at radius 3 is 2.32 bits per heavy atom. The van der Waals surface area contributed by atoms with Crippen LogP contribution in [0.2, 0.25) is 5.02 Å². The number of halogens is 2. The highest BCUT2D eigenvalue weighted by atomic mass is 127. The van der Waals surface area contributed by atoms with Crippen LogP contribution in [0.4, 0.5) is 0 Å². The summed E-state index contributed by atoms with van der Waals surface area (Å²) in [6.07, 6.45) is 0. The number of hydrogen-bond donors (Lipinski definition) is 2. The second-order valence-corrected chi connectivity index (χ2v) is 5.04. The van der Waals surface area contributed by atoms with Gasteiger partial charge in [-0.25, -0.2) is 4.99 Å². The van der Waals surface area contributed by atoms with Crippen LogP contribution < -0.4 is 10.6 Å². The molecule has 0 aromatic heterocycles. The van der Waals surface area contributed by atoms with Crippen LogP contribution in [0.25, 0.3) is 0 Å². The van der Waals surface area contributed by atoms with E-state index in [1.807, 2.05) is 50.1 Å². The molecule has 0 spiro atoms. The number of hydrogen-bond acceptors (Lipinski definition) is 2. The predicted molar refractivity (Wildman–Crippen MR) is 103 cm³/mol. The number of benzene rings is 1. The molecule has 2 N–H and O–H groups in total. The van der Waals surface area contributed by atoms with Gasteiger partial charge in [-0.3, -0.25) is 4.79 Å². The molecular formula is C15H24ClIN4O. The molecule has 0 bridgehead atoms. The van der Waals surface area contributed by atoms with Crippen molar-refractivity contribution >= 4 is 47.4 Å². The van der Waals surface area contributed by atoms with Gasteiger partial charge in [0.05, 0.1) is 0 Å². The van der Waals surface area contributed by atoms with Crippen LogP contribution in [0.15, 0.2) is 29.3 Å². The fourth-order valence-corrected chi connectivity index (χ4v) is 1.93. The van der Waals surface area contributed by atoms with Crippen molar-refractivity contribution in [2.24, 2.45) is 4.99 Å². The van der Waals surface area contributed by atoms with Gasteiger partial charge in [0.15, 0.2) is 5.96 Å². The number of guanidine groups is 1. The maximum absolute atomic E-state index is 11.5. The van der Waals surface area contributed by atoms with Crippen molar-refractivity contribution in [2.45, 2.75) is 20.4 Å². The summed E-state index contributed by atoms with van der Waals surface area (Å²) in [5.41, 5.74) is 1.13. The maximum Gasteiger partial charge on any atom is 0.241 e. The summed E-state index contributed by atoms with van der Waals surface area (Å²) < 4.78 is 0. The van der Waals surface area contributed by atoms with Crippen LogP contribution in [-0.4, -0.2) is 43.4 Å². The van der Waals surface area contributed by atoms with Crippen LogP contribution in [-0.2, 0) is 11.3 Å². The zero-order valence-electron chi connectivity index (χ0n) is 13.2. The second kappa shape index (κ2) is 11.5. The van der Waals surface area contributed by atoms with Gasteiger partial charge in [0, 0.05) is 31.7 Å². The number of carbonyl (C=O) groups is 1. The van der Waals surface area contributed by atoms with Crippen LogP contribution in [0.1, 0.15) is 19.4 Å². The summed E-state index contributed by atoms with van der Waals surface area (Å²) >= 11 is 5.88. The monoisotopic (exact) mass is 438 g/mol. The lowest BCUT2D eigenvalue weighted by atomic mass is 10.2. The molecule has 1 aromatic carbocycles. The lowest BCUT2D eigenvalue weighted by Gasteiger charge is -2.22. The maximum atomic E-state index is 11.5. The number of nitrogens with zero attached hydrogens (tertiary/aromatic N) is 2. The highest BCUT2D eigenvalue weighted by Crippen LogP contribution is 2.10. The van der Waals surface area contributed by atoms with Crippen molar-refractivity contribution in [3.05, 3.63) is 34.9 Å². The fraction of sp³-hybridized carbons (Fsp3) is 0.467. The Bertz CT molecular complexity index is 479. The molecule has 22 heavy (non-hydrogen) atoms. The zero-order chi connectivity index (χ0) is 15.7. The van der Waals surface area contributed by atoms with Crippen molar-refractivity contribution in [3.63, 3.8) is 0 Å². The van der Waals surface area contributed by atoms with E-state index in [2.05, 4.69) is 15.6 Å². The predicted octanol–water partition coefficient (Wildman–Crippen LogP) is 2.49. The van der Waals surface area contributed by atoms with Gasteiger partial charge in [0.25, 0.3) is 0 Å². The molecule has 1 amide bonds. The molecule has 0 unspecified atom stereocenters. The van der Waals surface area contributed by atoms with Crippen molar-refractivity contribution < 1.29 is 4.79 Å². The minimum absolute atomic E-state index is 0. The number of amides is 1. The summed E-state index contributed by atoms with van der Waals surface area (Å²) in [6.45, 7) is 6.07. The first-order chi connectivity index (χ1) is 10.1. The lowest BCUT2D eigenvalue weighted by Crippen LogP contribution is -2.39. The van der Waals surface area contributed by atoms with Gasteiger partial charge >= 0.3 is 0 Å². The average Bonchev–Trinajstić information content (AvgIpc) is 2.46. The Kier molecular flexibility index (Phi) is 11.0. The van der Waals surface area contributed by atoms with Crippen LogP contribution >= 0.6 is 35.6 Å². The van der Waals surface area contributed by atoms with E-state index in [1.165, 1.54) is 0 Å². The number of rotatable bonds is 6. The normalized spacial score (nSPS) is 10.6. The smallest absolute Gasteiger partial charge is 0.241 e. The second-order valence-electron chi connectivity index (χ2n) is 4.61. The van der Waals surface area contributed by atoms with E-state index in [1.54, 1.807) is 0 Å². The van der Waals surface area contributed by atoms with Crippen LogP contribution in [0, 0.1) is 0 Å². The van der Waals surface area contributed by atoms with Gasteiger partial charge in [0.1, 0.15) is 6.54 Å². The van der Waals surface area contributed by atoms with E-state index in [0.717, 1.165) is 17.1 Å². The molecule has 0 aliphatic heterocycles. The minimum atomic E-state index is -0.0761. The highest BCUT2D eigenvalue weighted by molar-refractivity contribution is 14.0. The standard InChI is InChI=1S/C15H23ClN4O.HI/c1-4-17-14(21)10-19-15(18-5-2)20(3)11-12-6-8-13(16)9-7-12;/h6-9H,4-5,10-11H2,1-3H3,(H,17,21)(H,18,19);1H. The molecule has 5 nitrogen and oxygen atoms in total. The summed E-state index contributed by atoms with van der Waals surface area (Å²) in [4.78, 5) is 17.8. The molecule has 0 aliphatic rings. The van der Waals surface area contributed by atoms with Gasteiger partial charge in [-0.15, -0.1) is 24.0 Å². The summed E-state index contributed by atoms with van der Waals surface area (Å²) in [6, 6.07) is 7.69. The molecule has 0 fully saturated rings. The van der Waals surface area contributed by atoms with Crippen molar-refractivity contribution in [1.82, 2.24) is 15.5 Å². The molecule has 0 heterocycles. The number of aliphatic imine (C=N–C) groups is 1. The van der Waals surface area contributed by atoms with Gasteiger partial charge in [-0.2, -0.15) is 0 Å². The molecular weight excluding hydrogens is 415 g/mol. The van der Waals surface area contributed by atoms with E-state index < -0.39 is 0 Å². The Morgan fingerprint density at radius 1 is 1.18 bits per heavy atom. The number of nitrogens with one attached hydrogen (secondary N) is 2. The van der Waals surface area contributed by atoms with E-state index in [9.17, 15) is 4.79 Å². The first-order valence-electron chi connectivity index (χ1n) is 7.07. The molecule has 0 saturated carbocycles. The van der Waals surface area contributed by atoms with E-state index in [4.69, 9.17) is 11.6 Å². The van der Waals surface area contributed by atoms with E-state index in [-0.39, 0.29) is 36.4 Å². The Labute approximate surface area is 154 Å². The Morgan fingerprint density at radius 2 is 1.77 bits per heavy atom. The zero-order valence-corrected chi connectivity index (χ0v) is 16.3. The molecule has 7 heteroatoms. The molecule has 1 aromatic rings. The quantitative estimate of drug-likeness (QED) is 0.408. The Balaban J connectivity index is 0.00000441. The van der Waals surface area contributed by atoms with Crippen molar-refractivity contribution in [2.75, 3.05) is 26.7 Å².